The maximum absolute atomic E-state index is 14.5. The third-order valence-electron chi connectivity index (χ3n) is 9.65. The fraction of sp³-hybridized carbons (Fsp3) is 0.500. The van der Waals surface area contributed by atoms with Crippen LogP contribution in [0.4, 0.5) is 16.2 Å². The zero-order valence-corrected chi connectivity index (χ0v) is 21.9. The van der Waals surface area contributed by atoms with Crippen LogP contribution in [0.25, 0.3) is 0 Å². The predicted octanol–water partition coefficient (Wildman–Crippen LogP) is 6.98. The molecule has 0 saturated heterocycles. The van der Waals surface area contributed by atoms with Crippen LogP contribution in [0.1, 0.15) is 76.8 Å². The molecule has 2 aromatic carbocycles. The largest absolute Gasteiger partial charge is 0.357 e. The average molecular weight is 496 g/mol. The van der Waals surface area contributed by atoms with Gasteiger partial charge >= 0.3 is 6.03 Å². The number of nitrogens with one attached hydrogen (secondary N) is 2. The molecule has 1 atom stereocenters. The molecule has 1 aliphatic heterocycles. The van der Waals surface area contributed by atoms with Crippen molar-refractivity contribution in [2.75, 3.05) is 10.2 Å². The van der Waals surface area contributed by atoms with Crippen LogP contribution in [0, 0.1) is 23.2 Å². The van der Waals surface area contributed by atoms with Crippen LogP contribution < -0.4 is 15.5 Å². The Morgan fingerprint density at radius 3 is 2.19 bits per heavy atom. The number of rotatable bonds is 2. The maximum Gasteiger partial charge on any atom is 0.323 e. The number of fused-ring (bicyclic) bond motifs is 1. The molecule has 0 spiro atoms. The fourth-order valence-corrected chi connectivity index (χ4v) is 8.71. The smallest absolute Gasteiger partial charge is 0.323 e. The van der Waals surface area contributed by atoms with E-state index < -0.39 is 6.04 Å². The Morgan fingerprint density at radius 2 is 1.51 bits per heavy atom. The molecule has 37 heavy (non-hydrogen) atoms. The second kappa shape index (κ2) is 8.21. The molecule has 0 aromatic heterocycles. The lowest BCUT2D eigenvalue weighted by Gasteiger charge is -2.57. The first-order valence-electron chi connectivity index (χ1n) is 14.1. The molecule has 192 valence electrons. The highest BCUT2D eigenvalue weighted by molar-refractivity contribution is 6.06. The van der Waals surface area contributed by atoms with Gasteiger partial charge in [-0.1, -0.05) is 56.3 Å². The van der Waals surface area contributed by atoms with E-state index >= 15 is 0 Å². The Hall–Kier alpha value is -3.08. The van der Waals surface area contributed by atoms with Gasteiger partial charge < -0.3 is 10.6 Å². The van der Waals surface area contributed by atoms with Crippen LogP contribution in [0.3, 0.4) is 0 Å². The van der Waals surface area contributed by atoms with Gasteiger partial charge in [-0.2, -0.15) is 0 Å². The highest BCUT2D eigenvalue weighted by Crippen LogP contribution is 2.56. The van der Waals surface area contributed by atoms with Crippen molar-refractivity contribution >= 4 is 23.2 Å². The number of allylic oxidation sites excluding steroid dienone is 1. The number of benzene rings is 2. The summed E-state index contributed by atoms with van der Waals surface area (Å²) in [5, 5.41) is 7.24. The van der Waals surface area contributed by atoms with Crippen molar-refractivity contribution < 1.29 is 9.59 Å². The fourth-order valence-electron chi connectivity index (χ4n) is 8.71. The van der Waals surface area contributed by atoms with Crippen molar-refractivity contribution in [3.63, 3.8) is 0 Å². The van der Waals surface area contributed by atoms with E-state index in [1.807, 2.05) is 47.4 Å². The van der Waals surface area contributed by atoms with E-state index in [1.54, 1.807) is 0 Å². The molecular weight excluding hydrogens is 458 g/mol. The van der Waals surface area contributed by atoms with Crippen LogP contribution >= 0.6 is 0 Å². The van der Waals surface area contributed by atoms with E-state index in [1.165, 1.54) is 19.3 Å². The molecule has 5 aliphatic carbocycles. The van der Waals surface area contributed by atoms with Crippen molar-refractivity contribution in [2.45, 2.75) is 76.8 Å². The van der Waals surface area contributed by atoms with Gasteiger partial charge in [-0.15, -0.1) is 0 Å². The summed E-state index contributed by atoms with van der Waals surface area (Å²) in [6.07, 6.45) is 8.53. The monoisotopic (exact) mass is 495 g/mol. The van der Waals surface area contributed by atoms with E-state index in [4.69, 9.17) is 0 Å². The molecule has 2 aromatic rings. The number of hydrogen-bond acceptors (Lipinski definition) is 3. The Bertz CT molecular complexity index is 1260. The molecule has 8 rings (SSSR count). The second-order valence-corrected chi connectivity index (χ2v) is 13.3. The van der Waals surface area contributed by atoms with Crippen LogP contribution in [0.5, 0.6) is 0 Å². The number of para-hydroxylation sites is 2. The minimum absolute atomic E-state index is 0.0727. The molecule has 2 N–H and O–H groups in total. The van der Waals surface area contributed by atoms with Gasteiger partial charge in [-0.05, 0) is 85.8 Å². The van der Waals surface area contributed by atoms with Crippen molar-refractivity contribution in [1.29, 1.82) is 0 Å². The van der Waals surface area contributed by atoms with Crippen LogP contribution in [-0.2, 0) is 4.79 Å². The van der Waals surface area contributed by atoms with Gasteiger partial charge in [0.25, 0.3) is 0 Å². The number of carbonyl (C=O) groups is 2. The molecule has 5 nitrogen and oxygen atoms in total. The van der Waals surface area contributed by atoms with Crippen LogP contribution in [-0.4, -0.2) is 17.4 Å². The van der Waals surface area contributed by atoms with Crippen molar-refractivity contribution in [2.24, 2.45) is 23.2 Å². The first-order chi connectivity index (χ1) is 17.8. The summed E-state index contributed by atoms with van der Waals surface area (Å²) in [7, 11) is 0. The van der Waals surface area contributed by atoms with Crippen molar-refractivity contribution in [1.82, 2.24) is 5.32 Å². The van der Waals surface area contributed by atoms with Crippen molar-refractivity contribution in [3.05, 3.63) is 71.4 Å². The maximum atomic E-state index is 14.5. The average Bonchev–Trinajstić information content (AvgIpc) is 2.97. The predicted molar refractivity (Wildman–Crippen MR) is 146 cm³/mol. The molecule has 4 bridgehead atoms. The summed E-state index contributed by atoms with van der Waals surface area (Å²) in [6.45, 7) is 4.31. The molecule has 6 aliphatic rings. The molecule has 2 amide bonds. The number of urea groups is 1. The standard InChI is InChI=1S/C32H37N3O2/c1-31(2)18-25-28(27(36)19-31)29(23-8-4-3-5-9-23)35(26-11-7-6-10-24(26)33-25)30(37)34-32-15-20-12-21(16-32)14-22(13-20)17-32/h3-11,20-22,29,33H,12-19H2,1-2H3,(H,34,37)/t20?,21?,22?,29-,32?/m1/s1. The van der Waals surface area contributed by atoms with Gasteiger partial charge in [0.15, 0.2) is 5.78 Å². The normalized spacial score (nSPS) is 33.4. The SMILES string of the molecule is CC1(C)CC(=O)C2=C(C1)Nc1ccccc1N(C(=O)NC13CC4CC(CC(C4)C1)C3)[C@@H]2c1ccccc1. The molecule has 1 heterocycles. The zero-order valence-electron chi connectivity index (χ0n) is 21.9. The Morgan fingerprint density at radius 1 is 0.892 bits per heavy atom. The van der Waals surface area contributed by atoms with E-state index in [9.17, 15) is 9.59 Å². The van der Waals surface area contributed by atoms with Gasteiger partial charge in [0.05, 0.1) is 17.4 Å². The Balaban J connectivity index is 1.36. The highest BCUT2D eigenvalue weighted by Gasteiger charge is 2.53. The quantitative estimate of drug-likeness (QED) is 0.472. The topological polar surface area (TPSA) is 61.4 Å². The lowest BCUT2D eigenvalue weighted by atomic mass is 9.53. The van der Waals surface area contributed by atoms with Gasteiger partial charge in [0, 0.05) is 23.2 Å². The lowest BCUT2D eigenvalue weighted by Crippen LogP contribution is -2.62. The third-order valence-corrected chi connectivity index (χ3v) is 9.65. The molecule has 0 unspecified atom stereocenters. The Labute approximate surface area is 219 Å². The number of ketones is 1. The number of nitrogens with zero attached hydrogens (tertiary/aromatic N) is 1. The van der Waals surface area contributed by atoms with Gasteiger partial charge in [-0.3, -0.25) is 9.69 Å². The molecule has 4 saturated carbocycles. The Kier molecular flexibility index (Phi) is 5.12. The minimum atomic E-state index is -0.468. The van der Waals surface area contributed by atoms with E-state index in [0.29, 0.717) is 6.42 Å². The van der Waals surface area contributed by atoms with Gasteiger partial charge in [-0.25, -0.2) is 4.79 Å². The second-order valence-electron chi connectivity index (χ2n) is 13.3. The third kappa shape index (κ3) is 3.89. The van der Waals surface area contributed by atoms with Crippen LogP contribution in [0.15, 0.2) is 65.9 Å². The molecule has 4 fully saturated rings. The summed E-state index contributed by atoms with van der Waals surface area (Å²) in [6, 6.07) is 17.6. The molecular formula is C32H37N3O2. The minimum Gasteiger partial charge on any atom is -0.357 e. The van der Waals surface area contributed by atoms with Gasteiger partial charge in [0.2, 0.25) is 0 Å². The summed E-state index contributed by atoms with van der Waals surface area (Å²) in [4.78, 5) is 30.3. The van der Waals surface area contributed by atoms with Crippen molar-refractivity contribution in [3.8, 4) is 0 Å². The number of hydrogen-bond donors (Lipinski definition) is 2. The number of anilines is 2. The first kappa shape index (κ1) is 23.1. The van der Waals surface area contributed by atoms with E-state index in [0.717, 1.165) is 71.6 Å². The number of carbonyl (C=O) groups excluding carboxylic acids is 2. The lowest BCUT2D eigenvalue weighted by molar-refractivity contribution is -0.118. The summed E-state index contributed by atoms with van der Waals surface area (Å²) in [5.41, 5.74) is 4.14. The molecule has 5 heteroatoms. The number of Topliss-reactive ketones (excluding diaryl/α,β-unsaturated/α-hetero) is 1. The summed E-state index contributed by atoms with van der Waals surface area (Å²) < 4.78 is 0. The number of amides is 2. The van der Waals surface area contributed by atoms with Crippen LogP contribution in [0.2, 0.25) is 0 Å². The van der Waals surface area contributed by atoms with Gasteiger partial charge in [0.1, 0.15) is 0 Å². The zero-order chi connectivity index (χ0) is 25.4. The highest BCUT2D eigenvalue weighted by atomic mass is 16.2. The van der Waals surface area contributed by atoms with E-state index in [-0.39, 0.29) is 22.8 Å². The summed E-state index contributed by atoms with van der Waals surface area (Å²) >= 11 is 0. The first-order valence-corrected chi connectivity index (χ1v) is 14.1. The van der Waals surface area contributed by atoms with E-state index in [2.05, 4.69) is 36.6 Å². The molecule has 0 radical (unpaired) electrons. The summed E-state index contributed by atoms with van der Waals surface area (Å²) in [5.74, 6) is 2.36.